The molecule has 5 aromatic rings. The number of aromatic nitrogens is 4. The van der Waals surface area contributed by atoms with Crippen LogP contribution in [0.5, 0.6) is 0 Å². The van der Waals surface area contributed by atoms with E-state index in [0.717, 1.165) is 60.3 Å². The van der Waals surface area contributed by atoms with Gasteiger partial charge in [0.1, 0.15) is 11.3 Å². The van der Waals surface area contributed by atoms with E-state index in [1.165, 1.54) is 34.7 Å². The van der Waals surface area contributed by atoms with Crippen molar-refractivity contribution in [3.05, 3.63) is 118 Å². The van der Waals surface area contributed by atoms with Gasteiger partial charge in [0.15, 0.2) is 0 Å². The molecule has 1 amide bonds. The molecule has 10 nitrogen and oxygen atoms in total. The van der Waals surface area contributed by atoms with Gasteiger partial charge in [-0.2, -0.15) is 13.2 Å². The first kappa shape index (κ1) is 32.6. The Morgan fingerprint density at radius 3 is 2.44 bits per heavy atom. The lowest BCUT2D eigenvalue weighted by molar-refractivity contribution is -0.141. The summed E-state index contributed by atoms with van der Waals surface area (Å²) in [6.45, 7) is 2.34. The van der Waals surface area contributed by atoms with E-state index in [2.05, 4.69) is 61.6 Å². The van der Waals surface area contributed by atoms with Crippen molar-refractivity contribution >= 4 is 34.1 Å². The lowest BCUT2D eigenvalue weighted by Crippen LogP contribution is -2.41. The number of hydrogen-bond donors (Lipinski definition) is 2. The van der Waals surface area contributed by atoms with Crippen molar-refractivity contribution in [1.82, 2.24) is 29.7 Å². The molecule has 0 unspecified atom stereocenters. The third kappa shape index (κ3) is 7.63. The number of fused-ring (bicyclic) bond motifs is 1. The Hall–Kier alpha value is -5.30. The number of halogens is 3. The number of carbonyl (C=O) groups excluding carboxylic acids is 1. The summed E-state index contributed by atoms with van der Waals surface area (Å²) in [4.78, 5) is 43.2. The summed E-state index contributed by atoms with van der Waals surface area (Å²) in [5, 5.41) is 6.82. The highest BCUT2D eigenvalue weighted by atomic mass is 19.4. The molecule has 0 aliphatic carbocycles. The predicted octanol–water partition coefficient (Wildman–Crippen LogP) is 5.46. The Kier molecular flexibility index (Phi) is 9.40. The van der Waals surface area contributed by atoms with Gasteiger partial charge in [0.25, 0.3) is 11.5 Å². The van der Waals surface area contributed by atoms with Crippen LogP contribution in [-0.2, 0) is 19.3 Å². The number of benzene rings is 2. The summed E-state index contributed by atoms with van der Waals surface area (Å²) in [7, 11) is 4.31. The van der Waals surface area contributed by atoms with Gasteiger partial charge in [-0.25, -0.2) is 9.97 Å². The van der Waals surface area contributed by atoms with Crippen LogP contribution in [0.1, 0.15) is 40.0 Å². The highest BCUT2D eigenvalue weighted by Gasteiger charge is 2.32. The first-order valence-electron chi connectivity index (χ1n) is 15.6. The number of nitrogens with zero attached hydrogens (tertiary/aromatic N) is 6. The van der Waals surface area contributed by atoms with Crippen molar-refractivity contribution in [3.63, 3.8) is 0 Å². The van der Waals surface area contributed by atoms with Gasteiger partial charge in [-0.05, 0) is 98.7 Å². The molecule has 4 heterocycles. The van der Waals surface area contributed by atoms with Gasteiger partial charge in [0.05, 0.1) is 12.1 Å². The van der Waals surface area contributed by atoms with E-state index in [-0.39, 0.29) is 18.7 Å². The van der Waals surface area contributed by atoms with Crippen LogP contribution in [0.2, 0.25) is 0 Å². The molecule has 0 spiro atoms. The van der Waals surface area contributed by atoms with E-state index in [1.807, 2.05) is 30.3 Å². The molecule has 248 valence electrons. The van der Waals surface area contributed by atoms with Gasteiger partial charge in [-0.1, -0.05) is 12.1 Å². The number of likely N-dealkylation sites (tertiary alicyclic amines) is 1. The van der Waals surface area contributed by atoms with Crippen molar-refractivity contribution < 1.29 is 18.0 Å². The minimum atomic E-state index is -4.55. The zero-order valence-corrected chi connectivity index (χ0v) is 26.5. The van der Waals surface area contributed by atoms with E-state index in [1.54, 1.807) is 6.20 Å². The Balaban J connectivity index is 1.06. The van der Waals surface area contributed by atoms with Crippen LogP contribution in [0.4, 0.5) is 30.5 Å². The van der Waals surface area contributed by atoms with E-state index in [0.29, 0.717) is 17.6 Å². The highest BCUT2D eigenvalue weighted by molar-refractivity contribution is 5.93. The fourth-order valence-electron chi connectivity index (χ4n) is 5.75. The number of alkyl halides is 3. The van der Waals surface area contributed by atoms with Crippen molar-refractivity contribution in [2.75, 3.05) is 37.4 Å². The number of hydrogen-bond acceptors (Lipinski definition) is 8. The number of amides is 1. The molecular formula is C35H35F3N8O2. The maximum Gasteiger partial charge on any atom is 0.433 e. The van der Waals surface area contributed by atoms with Gasteiger partial charge in [-0.15, -0.1) is 0 Å². The first-order valence-corrected chi connectivity index (χ1v) is 15.6. The molecule has 0 atom stereocenters. The summed E-state index contributed by atoms with van der Waals surface area (Å²) < 4.78 is 39.7. The molecular weight excluding hydrogens is 621 g/mol. The Morgan fingerprint density at radius 1 is 0.979 bits per heavy atom. The Bertz CT molecular complexity index is 1950. The number of carbonyl (C=O) groups is 1. The molecule has 0 bridgehead atoms. The summed E-state index contributed by atoms with van der Waals surface area (Å²) in [6, 6.07) is 19.4. The quantitative estimate of drug-likeness (QED) is 0.216. The van der Waals surface area contributed by atoms with Crippen molar-refractivity contribution in [2.24, 2.45) is 0 Å². The van der Waals surface area contributed by atoms with E-state index in [9.17, 15) is 22.8 Å². The van der Waals surface area contributed by atoms with Crippen LogP contribution in [0.15, 0.2) is 90.1 Å². The zero-order valence-electron chi connectivity index (χ0n) is 26.5. The normalized spacial score (nSPS) is 14.2. The van der Waals surface area contributed by atoms with Crippen molar-refractivity contribution in [2.45, 2.75) is 38.1 Å². The topological polar surface area (TPSA) is 108 Å². The third-order valence-corrected chi connectivity index (χ3v) is 8.60. The van der Waals surface area contributed by atoms with Crippen LogP contribution in [0.3, 0.4) is 0 Å². The molecule has 3 aromatic heterocycles. The fraction of sp³-hybridized carbons (Fsp3) is 0.286. The van der Waals surface area contributed by atoms with Crippen LogP contribution in [-0.4, -0.2) is 63.6 Å². The SMILES string of the molecule is CN1CCC(N(C)c2ccc(Nc3ncc4cc(CNC(=O)c5cccn(Cc6ccc(C(F)(F)F)nc6)c5=O)ccc4n3)cc2)CC1. The van der Waals surface area contributed by atoms with Gasteiger partial charge in [-0.3, -0.25) is 14.6 Å². The van der Waals surface area contributed by atoms with Crippen molar-refractivity contribution in [1.29, 1.82) is 0 Å². The summed E-state index contributed by atoms with van der Waals surface area (Å²) in [5.41, 5.74) is 2.29. The number of pyridine rings is 2. The molecule has 2 aromatic carbocycles. The Morgan fingerprint density at radius 2 is 1.73 bits per heavy atom. The molecule has 13 heteroatoms. The van der Waals surface area contributed by atoms with Crippen LogP contribution >= 0.6 is 0 Å². The zero-order chi connectivity index (χ0) is 33.8. The van der Waals surface area contributed by atoms with Gasteiger partial charge in [0, 0.05) is 55.0 Å². The maximum absolute atomic E-state index is 13.0. The second-order valence-corrected chi connectivity index (χ2v) is 12.0. The molecule has 1 aliphatic rings. The highest BCUT2D eigenvalue weighted by Crippen LogP contribution is 2.27. The van der Waals surface area contributed by atoms with E-state index in [4.69, 9.17) is 0 Å². The average Bonchev–Trinajstić information content (AvgIpc) is 3.08. The summed E-state index contributed by atoms with van der Waals surface area (Å²) in [5.74, 6) is -0.105. The lowest BCUT2D eigenvalue weighted by Gasteiger charge is -2.36. The molecule has 6 rings (SSSR count). The second-order valence-electron chi connectivity index (χ2n) is 12.0. The minimum absolute atomic E-state index is 0.0339. The average molecular weight is 657 g/mol. The fourth-order valence-corrected chi connectivity index (χ4v) is 5.75. The van der Waals surface area contributed by atoms with Gasteiger partial charge >= 0.3 is 6.18 Å². The molecule has 0 saturated carbocycles. The molecule has 0 radical (unpaired) electrons. The third-order valence-electron chi connectivity index (χ3n) is 8.60. The number of rotatable bonds is 9. The summed E-state index contributed by atoms with van der Waals surface area (Å²) >= 11 is 0. The standard InChI is InChI=1S/C35H35F3N8O2/c1-44-16-13-28(14-17-44)45(2)27-9-7-26(8-10-27)42-34-41-21-25-18-23(5-11-30(25)43-34)19-40-32(47)29-4-3-15-46(33(29)48)22-24-6-12-31(39-20-24)35(36,37)38/h3-12,15,18,20-21,28H,13-14,16-17,19,22H2,1-2H3,(H,40,47)(H,41,42,43). The monoisotopic (exact) mass is 656 g/mol. The maximum atomic E-state index is 13.0. The number of anilines is 3. The second kappa shape index (κ2) is 13.8. The minimum Gasteiger partial charge on any atom is -0.372 e. The van der Waals surface area contributed by atoms with Crippen LogP contribution < -0.4 is 21.1 Å². The molecule has 1 aliphatic heterocycles. The lowest BCUT2D eigenvalue weighted by atomic mass is 10.0. The van der Waals surface area contributed by atoms with Crippen molar-refractivity contribution in [3.8, 4) is 0 Å². The Labute approximate surface area is 275 Å². The van der Waals surface area contributed by atoms with Gasteiger partial charge < -0.3 is 25.0 Å². The number of piperidine rings is 1. The first-order chi connectivity index (χ1) is 23.0. The predicted molar refractivity (Wildman–Crippen MR) is 178 cm³/mol. The smallest absolute Gasteiger partial charge is 0.372 e. The van der Waals surface area contributed by atoms with Crippen LogP contribution in [0, 0.1) is 0 Å². The molecule has 1 fully saturated rings. The van der Waals surface area contributed by atoms with Gasteiger partial charge in [0.2, 0.25) is 5.95 Å². The molecule has 1 saturated heterocycles. The van der Waals surface area contributed by atoms with Crippen LogP contribution in [0.25, 0.3) is 10.9 Å². The van der Waals surface area contributed by atoms with E-state index >= 15 is 0 Å². The molecule has 48 heavy (non-hydrogen) atoms. The molecule has 2 N–H and O–H groups in total. The largest absolute Gasteiger partial charge is 0.433 e. The van der Waals surface area contributed by atoms with E-state index < -0.39 is 23.3 Å². The number of nitrogens with one attached hydrogen (secondary N) is 2. The summed E-state index contributed by atoms with van der Waals surface area (Å²) in [6.07, 6.45) is 1.99.